The Morgan fingerprint density at radius 3 is 2.33 bits per heavy atom. The summed E-state index contributed by atoms with van der Waals surface area (Å²) in [5.41, 5.74) is 3.51. The molecule has 1 aromatic carbocycles. The first-order valence-electron chi connectivity index (χ1n) is 5.48. The zero-order chi connectivity index (χ0) is 13.3. The average Bonchev–Trinajstić information content (AvgIpc) is 2.69. The van der Waals surface area contributed by atoms with E-state index in [2.05, 4.69) is 26.4 Å². The molecule has 0 saturated heterocycles. The Kier molecular flexibility index (Phi) is 3.52. The van der Waals surface area contributed by atoms with Gasteiger partial charge in [-0.25, -0.2) is 0 Å². The topological polar surface area (TPSA) is 55.1 Å². The molecule has 1 amide bonds. The second-order valence-corrected chi connectivity index (χ2v) is 5.12. The highest BCUT2D eigenvalue weighted by molar-refractivity contribution is 9.10. The minimum Gasteiger partial charge on any atom is -0.351 e. The molecule has 4 nitrogen and oxygen atoms in total. The molecule has 0 unspecified atom stereocenters. The highest BCUT2D eigenvalue weighted by Crippen LogP contribution is 2.25. The number of rotatable bonds is 2. The molecule has 0 radical (unpaired) electrons. The summed E-state index contributed by atoms with van der Waals surface area (Å²) in [7, 11) is 0. The van der Waals surface area contributed by atoms with Crippen molar-refractivity contribution in [1.29, 1.82) is 0 Å². The number of carbonyl (C=O) groups excluding carboxylic acids is 1. The number of nitrogens with zero attached hydrogens (tertiary/aromatic N) is 1. The minimum absolute atomic E-state index is 0.247. The lowest BCUT2D eigenvalue weighted by atomic mass is 10.1. The minimum atomic E-state index is -0.279. The first-order valence-corrected chi connectivity index (χ1v) is 6.27. The number of anilines is 1. The van der Waals surface area contributed by atoms with E-state index in [1.54, 1.807) is 6.92 Å². The Hall–Kier alpha value is -1.62. The van der Waals surface area contributed by atoms with Crippen LogP contribution in [-0.2, 0) is 0 Å². The predicted octanol–water partition coefficient (Wildman–Crippen LogP) is 3.61. The highest BCUT2D eigenvalue weighted by atomic mass is 79.9. The SMILES string of the molecule is Cc1cnoc1C(=O)Nc1c(C)cc(Br)cc1C. The van der Waals surface area contributed by atoms with Crippen molar-refractivity contribution in [3.8, 4) is 0 Å². The highest BCUT2D eigenvalue weighted by Gasteiger charge is 2.16. The summed E-state index contributed by atoms with van der Waals surface area (Å²) in [6.45, 7) is 5.67. The van der Waals surface area contributed by atoms with Gasteiger partial charge in [-0.2, -0.15) is 0 Å². The van der Waals surface area contributed by atoms with Gasteiger partial charge in [0.15, 0.2) is 0 Å². The van der Waals surface area contributed by atoms with E-state index in [4.69, 9.17) is 4.52 Å². The Bertz CT molecular complexity index is 582. The third-order valence-electron chi connectivity index (χ3n) is 2.69. The summed E-state index contributed by atoms with van der Waals surface area (Å²) in [5.74, 6) is -0.0322. The molecule has 0 atom stereocenters. The van der Waals surface area contributed by atoms with Crippen molar-refractivity contribution in [3.05, 3.63) is 45.3 Å². The quantitative estimate of drug-likeness (QED) is 0.922. The molecule has 1 N–H and O–H groups in total. The first kappa shape index (κ1) is 12.8. The maximum absolute atomic E-state index is 12.0. The summed E-state index contributed by atoms with van der Waals surface area (Å²) in [6, 6.07) is 3.91. The predicted molar refractivity (Wildman–Crippen MR) is 72.8 cm³/mol. The molecule has 0 spiro atoms. The third kappa shape index (κ3) is 2.46. The van der Waals surface area contributed by atoms with E-state index in [0.717, 1.165) is 26.9 Å². The van der Waals surface area contributed by atoms with Gasteiger partial charge in [-0.3, -0.25) is 4.79 Å². The van der Waals surface area contributed by atoms with Crippen LogP contribution in [-0.4, -0.2) is 11.1 Å². The summed E-state index contributed by atoms with van der Waals surface area (Å²) in [4.78, 5) is 12.0. The van der Waals surface area contributed by atoms with E-state index in [0.29, 0.717) is 0 Å². The van der Waals surface area contributed by atoms with Crippen LogP contribution in [0.1, 0.15) is 27.2 Å². The number of benzene rings is 1. The van der Waals surface area contributed by atoms with Crippen LogP contribution in [0, 0.1) is 20.8 Å². The van der Waals surface area contributed by atoms with Crippen LogP contribution in [0.3, 0.4) is 0 Å². The number of aryl methyl sites for hydroxylation is 3. The van der Waals surface area contributed by atoms with Crippen molar-refractivity contribution in [2.24, 2.45) is 0 Å². The molecule has 2 rings (SSSR count). The monoisotopic (exact) mass is 308 g/mol. The number of halogens is 1. The molecule has 0 aliphatic carbocycles. The van der Waals surface area contributed by atoms with Gasteiger partial charge in [0.2, 0.25) is 5.76 Å². The Morgan fingerprint density at radius 2 is 1.83 bits per heavy atom. The second kappa shape index (κ2) is 4.94. The largest absolute Gasteiger partial charge is 0.351 e. The van der Waals surface area contributed by atoms with Crippen LogP contribution in [0.5, 0.6) is 0 Å². The van der Waals surface area contributed by atoms with Gasteiger partial charge in [0.1, 0.15) is 0 Å². The molecule has 0 aliphatic rings. The van der Waals surface area contributed by atoms with Gasteiger partial charge in [-0.05, 0) is 44.0 Å². The molecule has 1 aromatic heterocycles. The van der Waals surface area contributed by atoms with Gasteiger partial charge in [-0.15, -0.1) is 0 Å². The molecule has 0 aliphatic heterocycles. The molecule has 2 aromatic rings. The van der Waals surface area contributed by atoms with Crippen LogP contribution >= 0.6 is 15.9 Å². The standard InChI is InChI=1S/C13H13BrN2O2/c1-7-4-10(14)5-8(2)11(7)16-13(17)12-9(3)6-15-18-12/h4-6H,1-3H3,(H,16,17). The third-order valence-corrected chi connectivity index (χ3v) is 3.15. The number of hydrogen-bond acceptors (Lipinski definition) is 3. The van der Waals surface area contributed by atoms with E-state index in [1.807, 2.05) is 26.0 Å². The zero-order valence-electron chi connectivity index (χ0n) is 10.4. The molecule has 5 heteroatoms. The van der Waals surface area contributed by atoms with Gasteiger partial charge in [0.25, 0.3) is 5.91 Å². The average molecular weight is 309 g/mol. The fraction of sp³-hybridized carbons (Fsp3) is 0.231. The van der Waals surface area contributed by atoms with Crippen LogP contribution in [0.15, 0.2) is 27.3 Å². The van der Waals surface area contributed by atoms with Gasteiger partial charge < -0.3 is 9.84 Å². The second-order valence-electron chi connectivity index (χ2n) is 4.21. The lowest BCUT2D eigenvalue weighted by Gasteiger charge is -2.11. The molecular formula is C13H13BrN2O2. The molecule has 1 heterocycles. The van der Waals surface area contributed by atoms with Crippen molar-refractivity contribution in [2.75, 3.05) is 5.32 Å². The molecule has 94 valence electrons. The number of amides is 1. The molecule has 0 bridgehead atoms. The van der Waals surface area contributed by atoms with Crippen LogP contribution in [0.25, 0.3) is 0 Å². The van der Waals surface area contributed by atoms with Crippen LogP contribution in [0.2, 0.25) is 0 Å². The fourth-order valence-electron chi connectivity index (χ4n) is 1.79. The van der Waals surface area contributed by atoms with Crippen molar-refractivity contribution >= 4 is 27.5 Å². The summed E-state index contributed by atoms with van der Waals surface area (Å²) >= 11 is 3.42. The van der Waals surface area contributed by atoms with Gasteiger partial charge in [0, 0.05) is 15.7 Å². The van der Waals surface area contributed by atoms with Crippen LogP contribution in [0.4, 0.5) is 5.69 Å². The number of carbonyl (C=O) groups is 1. The lowest BCUT2D eigenvalue weighted by Crippen LogP contribution is -2.14. The lowest BCUT2D eigenvalue weighted by molar-refractivity contribution is 0.0987. The molecule has 0 fully saturated rings. The summed E-state index contributed by atoms with van der Waals surface area (Å²) in [5, 5.41) is 6.46. The van der Waals surface area contributed by atoms with Gasteiger partial charge >= 0.3 is 0 Å². The number of hydrogen-bond donors (Lipinski definition) is 1. The smallest absolute Gasteiger partial charge is 0.294 e. The van der Waals surface area contributed by atoms with Crippen molar-refractivity contribution in [2.45, 2.75) is 20.8 Å². The maximum Gasteiger partial charge on any atom is 0.294 e. The normalized spacial score (nSPS) is 10.4. The first-order chi connectivity index (χ1) is 8.49. The summed E-state index contributed by atoms with van der Waals surface area (Å²) < 4.78 is 5.92. The maximum atomic E-state index is 12.0. The van der Waals surface area contributed by atoms with Crippen molar-refractivity contribution in [3.63, 3.8) is 0 Å². The zero-order valence-corrected chi connectivity index (χ0v) is 12.0. The molecule has 18 heavy (non-hydrogen) atoms. The van der Waals surface area contributed by atoms with Crippen molar-refractivity contribution < 1.29 is 9.32 Å². The molecular weight excluding hydrogens is 296 g/mol. The van der Waals surface area contributed by atoms with Gasteiger partial charge in [-0.1, -0.05) is 21.1 Å². The van der Waals surface area contributed by atoms with Crippen LogP contribution < -0.4 is 5.32 Å². The Balaban J connectivity index is 2.31. The van der Waals surface area contributed by atoms with E-state index in [-0.39, 0.29) is 11.7 Å². The summed E-state index contributed by atoms with van der Waals surface area (Å²) in [6.07, 6.45) is 1.52. The fourth-order valence-corrected chi connectivity index (χ4v) is 2.47. The molecule has 0 saturated carbocycles. The van der Waals surface area contributed by atoms with E-state index >= 15 is 0 Å². The van der Waals surface area contributed by atoms with E-state index in [1.165, 1.54) is 6.20 Å². The number of aromatic nitrogens is 1. The Morgan fingerprint density at radius 1 is 1.22 bits per heavy atom. The van der Waals surface area contributed by atoms with Crippen molar-refractivity contribution in [1.82, 2.24) is 5.16 Å². The Labute approximate surface area is 113 Å². The van der Waals surface area contributed by atoms with E-state index in [9.17, 15) is 4.79 Å². The van der Waals surface area contributed by atoms with E-state index < -0.39 is 0 Å². The van der Waals surface area contributed by atoms with Gasteiger partial charge in [0.05, 0.1) is 6.20 Å². The number of nitrogens with one attached hydrogen (secondary N) is 1.